The minimum atomic E-state index is -0.689. The van der Waals surface area contributed by atoms with Crippen LogP contribution in [0.2, 0.25) is 0 Å². The van der Waals surface area contributed by atoms with Crippen molar-refractivity contribution < 1.29 is 19.1 Å². The number of carbonyl (C=O) groups excluding carboxylic acids is 2. The van der Waals surface area contributed by atoms with Crippen molar-refractivity contribution in [3.63, 3.8) is 0 Å². The van der Waals surface area contributed by atoms with E-state index in [1.165, 1.54) is 4.90 Å². The average molecular weight is 486 g/mol. The summed E-state index contributed by atoms with van der Waals surface area (Å²) in [4.78, 5) is 32.1. The minimum absolute atomic E-state index is 0.138. The second-order valence-electron chi connectivity index (χ2n) is 8.05. The topological polar surface area (TPSA) is 80.8 Å². The van der Waals surface area contributed by atoms with E-state index in [0.29, 0.717) is 22.9 Å². The molecule has 1 atom stereocenters. The van der Waals surface area contributed by atoms with Crippen molar-refractivity contribution in [1.82, 2.24) is 4.98 Å². The largest absolute Gasteiger partial charge is 0.497 e. The zero-order valence-corrected chi connectivity index (χ0v) is 20.0. The number of rotatable bonds is 6. The molecule has 0 bridgehead atoms. The second kappa shape index (κ2) is 9.60. The van der Waals surface area contributed by atoms with Crippen LogP contribution in [0.15, 0.2) is 78.2 Å². The Bertz CT molecular complexity index is 1370. The van der Waals surface area contributed by atoms with Gasteiger partial charge in [-0.25, -0.2) is 4.98 Å². The van der Waals surface area contributed by atoms with Gasteiger partial charge in [0.05, 0.1) is 18.5 Å². The third-order valence-corrected chi connectivity index (χ3v) is 6.55. The maximum absolute atomic E-state index is 13.0. The normalized spacial score (nSPS) is 14.7. The maximum Gasteiger partial charge on any atom is 0.268 e. The summed E-state index contributed by atoms with van der Waals surface area (Å²) in [5, 5.41) is 5.73. The molecule has 7 nitrogen and oxygen atoms in total. The average Bonchev–Trinajstić information content (AvgIpc) is 3.38. The van der Waals surface area contributed by atoms with E-state index in [1.807, 2.05) is 53.9 Å². The summed E-state index contributed by atoms with van der Waals surface area (Å²) in [6, 6.07) is 22.6. The van der Waals surface area contributed by atoms with Crippen LogP contribution in [0.25, 0.3) is 21.8 Å². The smallest absolute Gasteiger partial charge is 0.268 e. The van der Waals surface area contributed by atoms with Gasteiger partial charge < -0.3 is 14.8 Å². The molecule has 1 N–H and O–H groups in total. The van der Waals surface area contributed by atoms with Crippen LogP contribution in [0.3, 0.4) is 0 Å². The third kappa shape index (κ3) is 4.74. The number of thiazole rings is 1. The van der Waals surface area contributed by atoms with Crippen molar-refractivity contribution in [2.75, 3.05) is 23.9 Å². The van der Waals surface area contributed by atoms with E-state index in [0.717, 1.165) is 21.8 Å². The molecule has 1 unspecified atom stereocenters. The lowest BCUT2D eigenvalue weighted by Crippen LogP contribution is -2.47. The van der Waals surface area contributed by atoms with Crippen LogP contribution < -0.4 is 19.7 Å². The lowest BCUT2D eigenvalue weighted by atomic mass is 10.1. The number of carbonyl (C=O) groups is 2. The van der Waals surface area contributed by atoms with Gasteiger partial charge in [0.15, 0.2) is 6.10 Å². The summed E-state index contributed by atoms with van der Waals surface area (Å²) in [7, 11) is 1.58. The summed E-state index contributed by atoms with van der Waals surface area (Å²) < 4.78 is 11.0. The molecule has 0 spiro atoms. The van der Waals surface area contributed by atoms with Crippen LogP contribution in [0.5, 0.6) is 11.5 Å². The van der Waals surface area contributed by atoms with Gasteiger partial charge in [-0.1, -0.05) is 30.3 Å². The fourth-order valence-electron chi connectivity index (χ4n) is 3.87. The van der Waals surface area contributed by atoms with Crippen LogP contribution in [0.4, 0.5) is 11.4 Å². The molecule has 0 fully saturated rings. The summed E-state index contributed by atoms with van der Waals surface area (Å²) in [5.74, 6) is 0.660. The van der Waals surface area contributed by atoms with Crippen molar-refractivity contribution in [2.45, 2.75) is 13.0 Å². The first kappa shape index (κ1) is 22.6. The molecule has 1 aromatic heterocycles. The molecule has 8 heteroatoms. The number of anilines is 2. The molecular formula is C27H23N3O4S. The monoisotopic (exact) mass is 485 g/mol. The highest BCUT2D eigenvalue weighted by Gasteiger charge is 2.33. The standard InChI is InChI=1S/C27H23N3O4S/c1-17-27(32)30(15-25(31)28-20-9-11-21(33-2)12-10-20)23-14-19(8-13-24(23)34-17)22-16-35-26(29-22)18-6-4-3-5-7-18/h3-14,16-17H,15H2,1-2H3,(H,28,31). The highest BCUT2D eigenvalue weighted by molar-refractivity contribution is 7.13. The fraction of sp³-hybridized carbons (Fsp3) is 0.148. The molecule has 2 amide bonds. The second-order valence-corrected chi connectivity index (χ2v) is 8.91. The first-order valence-electron chi connectivity index (χ1n) is 11.1. The lowest BCUT2D eigenvalue weighted by Gasteiger charge is -2.32. The summed E-state index contributed by atoms with van der Waals surface area (Å²) in [6.07, 6.45) is -0.689. The van der Waals surface area contributed by atoms with E-state index in [9.17, 15) is 9.59 Å². The zero-order valence-electron chi connectivity index (χ0n) is 19.2. The number of aromatic nitrogens is 1. The van der Waals surface area contributed by atoms with Gasteiger partial charge in [-0.15, -0.1) is 11.3 Å². The molecule has 3 aromatic carbocycles. The Morgan fingerprint density at radius 3 is 2.60 bits per heavy atom. The van der Waals surface area contributed by atoms with Gasteiger partial charge in [0.25, 0.3) is 5.91 Å². The Kier molecular flexibility index (Phi) is 6.20. The minimum Gasteiger partial charge on any atom is -0.497 e. The Labute approximate surface area is 207 Å². The predicted octanol–water partition coefficient (Wildman–Crippen LogP) is 5.24. The van der Waals surface area contributed by atoms with Crippen LogP contribution >= 0.6 is 11.3 Å². The van der Waals surface area contributed by atoms with E-state index in [2.05, 4.69) is 5.32 Å². The highest BCUT2D eigenvalue weighted by Crippen LogP contribution is 2.38. The predicted molar refractivity (Wildman–Crippen MR) is 137 cm³/mol. The molecule has 2 heterocycles. The van der Waals surface area contributed by atoms with E-state index in [4.69, 9.17) is 14.5 Å². The van der Waals surface area contributed by atoms with Crippen LogP contribution in [0.1, 0.15) is 6.92 Å². The third-order valence-electron chi connectivity index (χ3n) is 5.66. The van der Waals surface area contributed by atoms with Crippen LogP contribution in [-0.2, 0) is 9.59 Å². The summed E-state index contributed by atoms with van der Waals surface area (Å²) >= 11 is 1.56. The van der Waals surface area contributed by atoms with Crippen LogP contribution in [-0.4, -0.2) is 36.6 Å². The summed E-state index contributed by atoms with van der Waals surface area (Å²) in [5.41, 5.74) is 3.85. The highest BCUT2D eigenvalue weighted by atomic mass is 32.1. The molecule has 0 radical (unpaired) electrons. The van der Waals surface area contributed by atoms with Gasteiger partial charge in [-0.05, 0) is 49.4 Å². The number of amides is 2. The first-order valence-corrected chi connectivity index (χ1v) is 12.0. The molecule has 0 aliphatic carbocycles. The first-order chi connectivity index (χ1) is 17.0. The van der Waals surface area contributed by atoms with Gasteiger partial charge in [0, 0.05) is 22.2 Å². The number of hydrogen-bond acceptors (Lipinski definition) is 6. The van der Waals surface area contributed by atoms with Gasteiger partial charge in [-0.2, -0.15) is 0 Å². The molecule has 1 aliphatic rings. The number of methoxy groups -OCH3 is 1. The molecule has 0 saturated heterocycles. The Balaban J connectivity index is 1.40. The van der Waals surface area contributed by atoms with E-state index in [1.54, 1.807) is 49.6 Å². The SMILES string of the molecule is COc1ccc(NC(=O)CN2C(=O)C(C)Oc3ccc(-c4csc(-c5ccccc5)n4)cc32)cc1. The maximum atomic E-state index is 13.0. The molecule has 176 valence electrons. The Hall–Kier alpha value is -4.17. The number of benzene rings is 3. The lowest BCUT2D eigenvalue weighted by molar-refractivity contribution is -0.127. The number of nitrogens with one attached hydrogen (secondary N) is 1. The molecule has 0 saturated carbocycles. The Morgan fingerprint density at radius 2 is 1.86 bits per heavy atom. The zero-order chi connectivity index (χ0) is 24.4. The van der Waals surface area contributed by atoms with E-state index in [-0.39, 0.29) is 18.4 Å². The molecule has 5 rings (SSSR count). The van der Waals surface area contributed by atoms with Gasteiger partial charge in [0.2, 0.25) is 5.91 Å². The van der Waals surface area contributed by atoms with E-state index >= 15 is 0 Å². The van der Waals surface area contributed by atoms with Gasteiger partial charge in [-0.3, -0.25) is 14.5 Å². The summed E-state index contributed by atoms with van der Waals surface area (Å²) in [6.45, 7) is 1.54. The Morgan fingerprint density at radius 1 is 1.09 bits per heavy atom. The quantitative estimate of drug-likeness (QED) is 0.404. The van der Waals surface area contributed by atoms with Gasteiger partial charge >= 0.3 is 0 Å². The van der Waals surface area contributed by atoms with Gasteiger partial charge in [0.1, 0.15) is 23.1 Å². The van der Waals surface area contributed by atoms with E-state index < -0.39 is 6.10 Å². The molecular weight excluding hydrogens is 462 g/mol. The van der Waals surface area contributed by atoms with Crippen molar-refractivity contribution in [2.24, 2.45) is 0 Å². The van der Waals surface area contributed by atoms with Crippen molar-refractivity contribution in [1.29, 1.82) is 0 Å². The fourth-order valence-corrected chi connectivity index (χ4v) is 4.70. The van der Waals surface area contributed by atoms with Crippen molar-refractivity contribution >= 4 is 34.5 Å². The number of hydrogen-bond donors (Lipinski definition) is 1. The van der Waals surface area contributed by atoms with Crippen molar-refractivity contribution in [3.05, 3.63) is 78.2 Å². The molecule has 4 aromatic rings. The molecule has 1 aliphatic heterocycles. The van der Waals surface area contributed by atoms with Crippen LogP contribution in [0, 0.1) is 0 Å². The number of fused-ring (bicyclic) bond motifs is 1. The molecule has 35 heavy (non-hydrogen) atoms. The number of nitrogens with zero attached hydrogens (tertiary/aromatic N) is 2. The van der Waals surface area contributed by atoms with Crippen molar-refractivity contribution in [3.8, 4) is 33.3 Å². The number of ether oxygens (including phenoxy) is 2.